The Kier molecular flexibility index (Phi) is 3.05. The summed E-state index contributed by atoms with van der Waals surface area (Å²) in [7, 11) is 0. The summed E-state index contributed by atoms with van der Waals surface area (Å²) < 4.78 is 0. The van der Waals surface area contributed by atoms with Gasteiger partial charge in [0, 0.05) is 12.1 Å². The summed E-state index contributed by atoms with van der Waals surface area (Å²) in [6.07, 6.45) is 0.669. The number of carbonyl (C=O) groups excluding carboxylic acids is 2. The molecule has 0 fully saturated rings. The van der Waals surface area contributed by atoms with Gasteiger partial charge >= 0.3 is 0 Å². The maximum atomic E-state index is 11.7. The quantitative estimate of drug-likeness (QED) is 0.501. The molecule has 0 N–H and O–H groups in total. The van der Waals surface area contributed by atoms with Crippen molar-refractivity contribution in [2.24, 2.45) is 0 Å². The van der Waals surface area contributed by atoms with Gasteiger partial charge in [0.2, 0.25) is 0 Å². The van der Waals surface area contributed by atoms with E-state index in [0.717, 1.165) is 4.90 Å². The molecule has 0 aliphatic carbocycles. The molecule has 0 atom stereocenters. The number of rotatable bonds is 2. The highest BCUT2D eigenvalue weighted by atomic mass is 16.2. The molecule has 2 amide bonds. The van der Waals surface area contributed by atoms with Crippen LogP contribution in [0.3, 0.4) is 0 Å². The molecule has 1 aliphatic rings. The van der Waals surface area contributed by atoms with Gasteiger partial charge in [-0.1, -0.05) is 13.5 Å². The van der Waals surface area contributed by atoms with E-state index in [4.69, 9.17) is 5.26 Å². The van der Waals surface area contributed by atoms with Crippen molar-refractivity contribution in [1.29, 1.82) is 5.26 Å². The Hall–Kier alpha value is -1.89. The zero-order chi connectivity index (χ0) is 11.6. The van der Waals surface area contributed by atoms with Crippen LogP contribution in [0, 0.1) is 11.3 Å². The summed E-state index contributed by atoms with van der Waals surface area (Å²) in [5.74, 6) is -0.896. The molecule has 15 heavy (non-hydrogen) atoms. The van der Waals surface area contributed by atoms with Crippen molar-refractivity contribution in [3.05, 3.63) is 23.3 Å². The summed E-state index contributed by atoms with van der Waals surface area (Å²) in [5.41, 5.74) is 0.646. The lowest BCUT2D eigenvalue weighted by Gasteiger charge is -2.26. The molecule has 0 unspecified atom stereocenters. The lowest BCUT2D eigenvalue weighted by Crippen LogP contribution is -2.42. The fraction of sp³-hybridized carbons (Fsp3) is 0.364. The van der Waals surface area contributed by atoms with Crippen molar-refractivity contribution < 1.29 is 9.59 Å². The number of carbonyl (C=O) groups is 2. The maximum Gasteiger partial charge on any atom is 0.271 e. The molecule has 1 rings (SSSR count). The number of amides is 2. The lowest BCUT2D eigenvalue weighted by molar-refractivity contribution is -0.140. The van der Waals surface area contributed by atoms with Crippen LogP contribution in [0.15, 0.2) is 23.3 Å². The van der Waals surface area contributed by atoms with E-state index >= 15 is 0 Å². The summed E-state index contributed by atoms with van der Waals surface area (Å²) in [5, 5.41) is 8.81. The number of imide groups is 1. The Morgan fingerprint density at radius 3 is 2.47 bits per heavy atom. The first-order chi connectivity index (χ1) is 7.04. The fourth-order valence-electron chi connectivity index (χ4n) is 1.42. The van der Waals surface area contributed by atoms with Crippen molar-refractivity contribution >= 4 is 11.8 Å². The van der Waals surface area contributed by atoms with Crippen molar-refractivity contribution in [1.82, 2.24) is 4.90 Å². The van der Waals surface area contributed by atoms with Gasteiger partial charge in [0.25, 0.3) is 11.8 Å². The van der Waals surface area contributed by atoms with Crippen molar-refractivity contribution in [3.63, 3.8) is 0 Å². The van der Waals surface area contributed by atoms with E-state index in [9.17, 15) is 9.59 Å². The number of nitriles is 1. The Morgan fingerprint density at radius 1 is 1.40 bits per heavy atom. The number of nitrogens with zero attached hydrogens (tertiary/aromatic N) is 2. The molecule has 78 valence electrons. The third-order valence-corrected chi connectivity index (χ3v) is 2.35. The van der Waals surface area contributed by atoms with E-state index in [2.05, 4.69) is 6.58 Å². The van der Waals surface area contributed by atoms with Crippen LogP contribution < -0.4 is 0 Å². The van der Waals surface area contributed by atoms with Gasteiger partial charge in [-0.05, 0) is 18.9 Å². The summed E-state index contributed by atoms with van der Waals surface area (Å²) in [4.78, 5) is 24.4. The minimum Gasteiger partial charge on any atom is -0.274 e. The Bertz CT molecular complexity index is 413. The highest BCUT2D eigenvalue weighted by Gasteiger charge is 2.33. The Balaban J connectivity index is 3.22. The summed E-state index contributed by atoms with van der Waals surface area (Å²) in [6, 6.07) is 1.82. The second-order valence-corrected chi connectivity index (χ2v) is 3.35. The van der Waals surface area contributed by atoms with Crippen molar-refractivity contribution in [2.75, 3.05) is 6.54 Å². The minimum absolute atomic E-state index is 0.0213. The first kappa shape index (κ1) is 11.2. The zero-order valence-corrected chi connectivity index (χ0v) is 8.83. The average Bonchev–Trinajstić information content (AvgIpc) is 2.22. The molecule has 0 aromatic rings. The van der Waals surface area contributed by atoms with Gasteiger partial charge in [0.1, 0.15) is 11.6 Å². The smallest absolute Gasteiger partial charge is 0.271 e. The lowest BCUT2D eigenvalue weighted by atomic mass is 9.97. The third kappa shape index (κ3) is 1.68. The van der Waals surface area contributed by atoms with E-state index in [1.807, 2.05) is 13.0 Å². The van der Waals surface area contributed by atoms with Crippen LogP contribution in [-0.2, 0) is 9.59 Å². The van der Waals surface area contributed by atoms with E-state index in [0.29, 0.717) is 18.5 Å². The molecule has 0 aromatic carbocycles. The fourth-order valence-corrected chi connectivity index (χ4v) is 1.42. The normalized spacial score (nSPS) is 17.1. The predicted octanol–water partition coefficient (Wildman–Crippen LogP) is 1.16. The highest BCUT2D eigenvalue weighted by molar-refractivity contribution is 6.17. The van der Waals surface area contributed by atoms with Crippen LogP contribution in [-0.4, -0.2) is 23.3 Å². The van der Waals surface area contributed by atoms with Gasteiger partial charge in [-0.15, -0.1) is 0 Å². The molecular weight excluding hydrogens is 192 g/mol. The first-order valence-electron chi connectivity index (χ1n) is 4.71. The monoisotopic (exact) mass is 204 g/mol. The molecule has 0 saturated heterocycles. The molecule has 0 radical (unpaired) electrons. The van der Waals surface area contributed by atoms with Crippen LogP contribution >= 0.6 is 0 Å². The standard InChI is InChI=1S/C11H12N2O2/c1-4-5-13-10(14)8(3)7(2)9(6-12)11(13)15/h3-5H2,1-2H3. The molecule has 0 saturated carbocycles. The van der Waals surface area contributed by atoms with Gasteiger partial charge < -0.3 is 0 Å². The van der Waals surface area contributed by atoms with Crippen LogP contribution in [0.1, 0.15) is 20.3 Å². The third-order valence-electron chi connectivity index (χ3n) is 2.35. The Morgan fingerprint density at radius 2 is 2.00 bits per heavy atom. The van der Waals surface area contributed by atoms with Crippen LogP contribution in [0.2, 0.25) is 0 Å². The largest absolute Gasteiger partial charge is 0.274 e. The van der Waals surface area contributed by atoms with Gasteiger partial charge in [-0.2, -0.15) is 5.26 Å². The van der Waals surface area contributed by atoms with Crippen LogP contribution in [0.4, 0.5) is 0 Å². The predicted molar refractivity (Wildman–Crippen MR) is 54.5 cm³/mol. The second-order valence-electron chi connectivity index (χ2n) is 3.35. The van der Waals surface area contributed by atoms with Crippen LogP contribution in [0.5, 0.6) is 0 Å². The maximum absolute atomic E-state index is 11.7. The van der Waals surface area contributed by atoms with Crippen molar-refractivity contribution in [2.45, 2.75) is 20.3 Å². The topological polar surface area (TPSA) is 61.2 Å². The first-order valence-corrected chi connectivity index (χ1v) is 4.71. The number of hydrogen-bond donors (Lipinski definition) is 0. The summed E-state index contributed by atoms with van der Waals surface area (Å²) in [6.45, 7) is 7.35. The van der Waals surface area contributed by atoms with E-state index < -0.39 is 11.8 Å². The van der Waals surface area contributed by atoms with Gasteiger partial charge in [-0.25, -0.2) is 0 Å². The molecule has 0 aromatic heterocycles. The molecule has 0 spiro atoms. The molecule has 4 nitrogen and oxygen atoms in total. The molecule has 1 aliphatic heterocycles. The second kappa shape index (κ2) is 4.09. The zero-order valence-electron chi connectivity index (χ0n) is 8.83. The highest BCUT2D eigenvalue weighted by Crippen LogP contribution is 2.23. The average molecular weight is 204 g/mol. The van der Waals surface area contributed by atoms with Gasteiger partial charge in [-0.3, -0.25) is 14.5 Å². The minimum atomic E-state index is -0.505. The molecule has 0 bridgehead atoms. The van der Waals surface area contributed by atoms with E-state index in [1.165, 1.54) is 0 Å². The SMILES string of the molecule is C=C1C(=O)N(CCC)C(=O)C(C#N)=C1C. The van der Waals surface area contributed by atoms with Crippen LogP contribution in [0.25, 0.3) is 0 Å². The molecule has 4 heteroatoms. The van der Waals surface area contributed by atoms with Gasteiger partial charge in [0.15, 0.2) is 0 Å². The summed E-state index contributed by atoms with van der Waals surface area (Å²) >= 11 is 0. The molecular formula is C11H12N2O2. The van der Waals surface area contributed by atoms with E-state index in [-0.39, 0.29) is 11.1 Å². The number of hydrogen-bond acceptors (Lipinski definition) is 3. The van der Waals surface area contributed by atoms with E-state index in [1.54, 1.807) is 6.92 Å². The Labute approximate surface area is 88.5 Å². The van der Waals surface area contributed by atoms with Gasteiger partial charge in [0.05, 0.1) is 0 Å². The molecule has 1 heterocycles. The van der Waals surface area contributed by atoms with Crippen molar-refractivity contribution in [3.8, 4) is 6.07 Å².